The van der Waals surface area contributed by atoms with Crippen molar-refractivity contribution in [2.24, 2.45) is 18.2 Å². The Bertz CT molecular complexity index is 364. The van der Waals surface area contributed by atoms with E-state index in [-0.39, 0.29) is 11.3 Å². The van der Waals surface area contributed by atoms with Gasteiger partial charge in [-0.05, 0) is 5.41 Å². The molecule has 90 valence electrons. The number of hydrogen-bond acceptors (Lipinski definition) is 3. The standard InChI is InChI=1S/C11H20N4O/c1-11(2,3)9(12)10(16)14-7-8-13-5-6-15(8)4/h5-6,9H,7,12H2,1-4H3,(H,14,16)/t9-/m1/s1. The van der Waals surface area contributed by atoms with Crippen molar-refractivity contribution in [3.8, 4) is 0 Å². The molecule has 1 atom stereocenters. The van der Waals surface area contributed by atoms with Crippen LogP contribution in [-0.2, 0) is 18.4 Å². The third-order valence-corrected chi connectivity index (χ3v) is 2.56. The molecule has 5 nitrogen and oxygen atoms in total. The van der Waals surface area contributed by atoms with Crippen LogP contribution in [0.4, 0.5) is 0 Å². The Labute approximate surface area is 96.0 Å². The number of nitrogens with zero attached hydrogens (tertiary/aromatic N) is 2. The lowest BCUT2D eigenvalue weighted by Gasteiger charge is -2.25. The topological polar surface area (TPSA) is 72.9 Å². The zero-order valence-corrected chi connectivity index (χ0v) is 10.3. The molecule has 0 unspecified atom stereocenters. The molecule has 0 radical (unpaired) electrons. The van der Waals surface area contributed by atoms with Crippen molar-refractivity contribution in [1.29, 1.82) is 0 Å². The zero-order valence-electron chi connectivity index (χ0n) is 10.3. The van der Waals surface area contributed by atoms with E-state index in [9.17, 15) is 4.79 Å². The van der Waals surface area contributed by atoms with Gasteiger partial charge in [0.1, 0.15) is 5.82 Å². The number of imidazole rings is 1. The van der Waals surface area contributed by atoms with Gasteiger partial charge in [-0.2, -0.15) is 0 Å². The van der Waals surface area contributed by atoms with E-state index in [2.05, 4.69) is 10.3 Å². The first-order valence-electron chi connectivity index (χ1n) is 5.32. The first-order valence-corrected chi connectivity index (χ1v) is 5.32. The van der Waals surface area contributed by atoms with Crippen LogP contribution in [0.3, 0.4) is 0 Å². The number of nitrogens with two attached hydrogens (primary N) is 1. The molecule has 1 amide bonds. The van der Waals surface area contributed by atoms with E-state index in [1.54, 1.807) is 6.20 Å². The predicted molar refractivity (Wildman–Crippen MR) is 62.5 cm³/mol. The molecule has 1 rings (SSSR count). The highest BCUT2D eigenvalue weighted by molar-refractivity contribution is 5.82. The summed E-state index contributed by atoms with van der Waals surface area (Å²) < 4.78 is 1.86. The predicted octanol–water partition coefficient (Wildman–Crippen LogP) is 0.410. The maximum Gasteiger partial charge on any atom is 0.237 e. The van der Waals surface area contributed by atoms with E-state index in [1.807, 2.05) is 38.6 Å². The molecule has 0 spiro atoms. The van der Waals surface area contributed by atoms with Crippen molar-refractivity contribution in [3.05, 3.63) is 18.2 Å². The third kappa shape index (κ3) is 3.06. The van der Waals surface area contributed by atoms with Crippen LogP contribution in [-0.4, -0.2) is 21.5 Å². The van der Waals surface area contributed by atoms with Crippen molar-refractivity contribution in [1.82, 2.24) is 14.9 Å². The molecule has 0 aliphatic heterocycles. The number of amides is 1. The second kappa shape index (κ2) is 4.65. The molecule has 3 N–H and O–H groups in total. The van der Waals surface area contributed by atoms with Crippen molar-refractivity contribution in [2.75, 3.05) is 0 Å². The van der Waals surface area contributed by atoms with Crippen molar-refractivity contribution >= 4 is 5.91 Å². The summed E-state index contributed by atoms with van der Waals surface area (Å²) in [5.41, 5.74) is 5.60. The Balaban J connectivity index is 2.51. The Morgan fingerprint density at radius 2 is 2.25 bits per heavy atom. The highest BCUT2D eigenvalue weighted by Gasteiger charge is 2.27. The molecule has 0 fully saturated rings. The van der Waals surface area contributed by atoms with E-state index >= 15 is 0 Å². The van der Waals surface area contributed by atoms with E-state index in [0.29, 0.717) is 6.54 Å². The van der Waals surface area contributed by atoms with Gasteiger partial charge in [0.25, 0.3) is 0 Å². The van der Waals surface area contributed by atoms with E-state index < -0.39 is 6.04 Å². The van der Waals surface area contributed by atoms with Crippen LogP contribution in [0.5, 0.6) is 0 Å². The fourth-order valence-corrected chi connectivity index (χ4v) is 1.24. The molecule has 5 heteroatoms. The Morgan fingerprint density at radius 1 is 1.62 bits per heavy atom. The summed E-state index contributed by atoms with van der Waals surface area (Å²) in [5, 5.41) is 2.78. The number of carbonyl (C=O) groups excluding carboxylic acids is 1. The fourth-order valence-electron chi connectivity index (χ4n) is 1.24. The van der Waals surface area contributed by atoms with Crippen molar-refractivity contribution in [2.45, 2.75) is 33.4 Å². The van der Waals surface area contributed by atoms with E-state index in [1.165, 1.54) is 0 Å². The number of rotatable bonds is 3. The lowest BCUT2D eigenvalue weighted by atomic mass is 9.87. The molecule has 0 aromatic carbocycles. The minimum Gasteiger partial charge on any atom is -0.348 e. The highest BCUT2D eigenvalue weighted by atomic mass is 16.2. The summed E-state index contributed by atoms with van der Waals surface area (Å²) in [4.78, 5) is 15.8. The van der Waals surface area contributed by atoms with Gasteiger partial charge >= 0.3 is 0 Å². The molecular weight excluding hydrogens is 204 g/mol. The molecule has 1 aromatic heterocycles. The van der Waals surface area contributed by atoms with Crippen LogP contribution < -0.4 is 11.1 Å². The summed E-state index contributed by atoms with van der Waals surface area (Å²) in [6.45, 7) is 6.24. The molecule has 0 bridgehead atoms. The highest BCUT2D eigenvalue weighted by Crippen LogP contribution is 2.17. The summed E-state index contributed by atoms with van der Waals surface area (Å²) >= 11 is 0. The van der Waals surface area contributed by atoms with Gasteiger partial charge in [0.2, 0.25) is 5.91 Å². The van der Waals surface area contributed by atoms with Crippen LogP contribution >= 0.6 is 0 Å². The molecule has 0 aliphatic carbocycles. The summed E-state index contributed by atoms with van der Waals surface area (Å²) in [6.07, 6.45) is 3.54. The Hall–Kier alpha value is -1.36. The van der Waals surface area contributed by atoms with Gasteiger partial charge in [-0.15, -0.1) is 0 Å². The number of nitrogens with one attached hydrogen (secondary N) is 1. The maximum absolute atomic E-state index is 11.7. The molecule has 1 aromatic rings. The molecule has 0 aliphatic rings. The Kier molecular flexibility index (Phi) is 3.70. The lowest BCUT2D eigenvalue weighted by molar-refractivity contribution is -0.124. The number of carbonyl (C=O) groups is 1. The summed E-state index contributed by atoms with van der Waals surface area (Å²) in [5.74, 6) is 0.671. The van der Waals surface area contributed by atoms with Gasteiger partial charge in [0.05, 0.1) is 12.6 Å². The molecule has 1 heterocycles. The number of aryl methyl sites for hydroxylation is 1. The second-order valence-electron chi connectivity index (χ2n) is 5.02. The average Bonchev–Trinajstić information content (AvgIpc) is 2.58. The Morgan fingerprint density at radius 3 is 2.69 bits per heavy atom. The van der Waals surface area contributed by atoms with Crippen LogP contribution in [0.1, 0.15) is 26.6 Å². The molecule has 0 saturated heterocycles. The number of aromatic nitrogens is 2. The largest absolute Gasteiger partial charge is 0.348 e. The second-order valence-corrected chi connectivity index (χ2v) is 5.02. The summed E-state index contributed by atoms with van der Waals surface area (Å²) in [7, 11) is 1.89. The minimum atomic E-state index is -0.507. The quantitative estimate of drug-likeness (QED) is 0.781. The number of hydrogen-bond donors (Lipinski definition) is 2. The van der Waals surface area contributed by atoms with Crippen molar-refractivity contribution in [3.63, 3.8) is 0 Å². The van der Waals surface area contributed by atoms with E-state index in [0.717, 1.165) is 5.82 Å². The first-order chi connectivity index (χ1) is 7.32. The van der Waals surface area contributed by atoms with Crippen LogP contribution in [0.25, 0.3) is 0 Å². The minimum absolute atomic E-state index is 0.143. The van der Waals surface area contributed by atoms with E-state index in [4.69, 9.17) is 5.73 Å². The molecular formula is C11H20N4O. The van der Waals surface area contributed by atoms with Crippen LogP contribution in [0, 0.1) is 5.41 Å². The molecule has 16 heavy (non-hydrogen) atoms. The van der Waals surface area contributed by atoms with Gasteiger partial charge in [-0.25, -0.2) is 4.98 Å². The monoisotopic (exact) mass is 224 g/mol. The maximum atomic E-state index is 11.7. The van der Waals surface area contributed by atoms with Gasteiger partial charge < -0.3 is 15.6 Å². The lowest BCUT2D eigenvalue weighted by Crippen LogP contribution is -2.48. The van der Waals surface area contributed by atoms with Crippen LogP contribution in [0.15, 0.2) is 12.4 Å². The van der Waals surface area contributed by atoms with Gasteiger partial charge in [-0.1, -0.05) is 20.8 Å². The fraction of sp³-hybridized carbons (Fsp3) is 0.636. The van der Waals surface area contributed by atoms with Crippen LogP contribution in [0.2, 0.25) is 0 Å². The van der Waals surface area contributed by atoms with Crippen molar-refractivity contribution < 1.29 is 4.79 Å². The third-order valence-electron chi connectivity index (χ3n) is 2.56. The summed E-state index contributed by atoms with van der Waals surface area (Å²) in [6, 6.07) is -0.507. The zero-order chi connectivity index (χ0) is 12.3. The molecule has 0 saturated carbocycles. The normalized spacial score (nSPS) is 13.6. The van der Waals surface area contributed by atoms with Gasteiger partial charge in [0, 0.05) is 19.4 Å². The first kappa shape index (κ1) is 12.7. The smallest absolute Gasteiger partial charge is 0.237 e. The average molecular weight is 224 g/mol. The SMILES string of the molecule is Cn1ccnc1CNC(=O)[C@@H](N)C(C)(C)C. The van der Waals surface area contributed by atoms with Gasteiger partial charge in [-0.3, -0.25) is 4.79 Å². The van der Waals surface area contributed by atoms with Gasteiger partial charge in [0.15, 0.2) is 0 Å².